The third kappa shape index (κ3) is 5.48. The highest BCUT2D eigenvalue weighted by Gasteiger charge is 2.17. The average Bonchev–Trinajstić information content (AvgIpc) is 3.15. The van der Waals surface area contributed by atoms with Crippen LogP contribution in [0.25, 0.3) is 11.5 Å². The molecule has 1 amide bonds. The van der Waals surface area contributed by atoms with E-state index in [4.69, 9.17) is 4.42 Å². The SMILES string of the molecule is CC(C)c1cccc(C(C)C)c1NC(=O)CSc1nnc(-c2ccc(Br)cc2)o1. The smallest absolute Gasteiger partial charge is 0.277 e. The number of amides is 1. The van der Waals surface area contributed by atoms with Crippen molar-refractivity contribution in [2.45, 2.75) is 44.8 Å². The van der Waals surface area contributed by atoms with E-state index in [0.717, 1.165) is 26.9 Å². The molecule has 1 aromatic heterocycles. The third-order valence-corrected chi connectivity index (χ3v) is 5.81. The van der Waals surface area contributed by atoms with E-state index in [1.54, 1.807) is 0 Å². The first kappa shape index (κ1) is 21.6. The molecule has 152 valence electrons. The molecule has 0 unspecified atom stereocenters. The molecule has 0 radical (unpaired) electrons. The van der Waals surface area contributed by atoms with Gasteiger partial charge >= 0.3 is 0 Å². The van der Waals surface area contributed by atoms with Gasteiger partial charge in [-0.25, -0.2) is 0 Å². The van der Waals surface area contributed by atoms with Crippen molar-refractivity contribution in [3.05, 3.63) is 58.1 Å². The lowest BCUT2D eigenvalue weighted by Crippen LogP contribution is -2.17. The summed E-state index contributed by atoms with van der Waals surface area (Å²) in [6, 6.07) is 13.8. The Morgan fingerprint density at radius 3 is 2.24 bits per heavy atom. The number of anilines is 1. The largest absolute Gasteiger partial charge is 0.411 e. The van der Waals surface area contributed by atoms with Crippen molar-refractivity contribution in [1.29, 1.82) is 0 Å². The van der Waals surface area contributed by atoms with Crippen LogP contribution >= 0.6 is 27.7 Å². The molecule has 1 N–H and O–H groups in total. The second-order valence-electron chi connectivity index (χ2n) is 7.34. The first-order valence-electron chi connectivity index (χ1n) is 9.50. The number of carbonyl (C=O) groups is 1. The Bertz CT molecular complexity index is 958. The highest BCUT2D eigenvalue weighted by atomic mass is 79.9. The summed E-state index contributed by atoms with van der Waals surface area (Å²) in [5.74, 6) is 1.19. The highest BCUT2D eigenvalue weighted by Crippen LogP contribution is 2.32. The van der Waals surface area contributed by atoms with Gasteiger partial charge in [-0.05, 0) is 47.2 Å². The highest BCUT2D eigenvalue weighted by molar-refractivity contribution is 9.10. The molecule has 29 heavy (non-hydrogen) atoms. The quantitative estimate of drug-likeness (QED) is 0.397. The van der Waals surface area contributed by atoms with Gasteiger partial charge in [0.1, 0.15) is 0 Å². The predicted octanol–water partition coefficient (Wildman–Crippen LogP) is 6.48. The maximum absolute atomic E-state index is 12.6. The summed E-state index contributed by atoms with van der Waals surface area (Å²) in [6.07, 6.45) is 0. The van der Waals surface area contributed by atoms with Gasteiger partial charge in [-0.1, -0.05) is 73.6 Å². The van der Waals surface area contributed by atoms with Crippen LogP contribution in [0, 0.1) is 0 Å². The van der Waals surface area contributed by atoms with Crippen LogP contribution in [0.15, 0.2) is 56.6 Å². The molecule has 3 aromatic rings. The number of aromatic nitrogens is 2. The molecule has 0 spiro atoms. The number of hydrogen-bond acceptors (Lipinski definition) is 5. The molecule has 0 saturated heterocycles. The Balaban J connectivity index is 1.67. The van der Waals surface area contributed by atoms with Gasteiger partial charge < -0.3 is 9.73 Å². The van der Waals surface area contributed by atoms with Gasteiger partial charge in [0.15, 0.2) is 0 Å². The predicted molar refractivity (Wildman–Crippen MR) is 121 cm³/mol. The van der Waals surface area contributed by atoms with Crippen LogP contribution in [0.2, 0.25) is 0 Å². The average molecular weight is 474 g/mol. The monoisotopic (exact) mass is 473 g/mol. The van der Waals surface area contributed by atoms with Gasteiger partial charge in [0.25, 0.3) is 5.22 Å². The molecule has 0 bridgehead atoms. The van der Waals surface area contributed by atoms with E-state index in [9.17, 15) is 4.79 Å². The fourth-order valence-electron chi connectivity index (χ4n) is 2.98. The molecule has 2 aromatic carbocycles. The summed E-state index contributed by atoms with van der Waals surface area (Å²) in [5.41, 5.74) is 4.04. The Labute approximate surface area is 183 Å². The fraction of sp³-hybridized carbons (Fsp3) is 0.318. The van der Waals surface area contributed by atoms with Crippen molar-refractivity contribution in [2.24, 2.45) is 0 Å². The standard InChI is InChI=1S/C22H24BrN3O2S/c1-13(2)17-6-5-7-18(14(3)4)20(17)24-19(27)12-29-22-26-25-21(28-22)15-8-10-16(23)11-9-15/h5-11,13-14H,12H2,1-4H3,(H,24,27). The van der Waals surface area contributed by atoms with E-state index >= 15 is 0 Å². The molecule has 0 atom stereocenters. The number of hydrogen-bond donors (Lipinski definition) is 1. The van der Waals surface area contributed by atoms with Crippen LogP contribution in [0.1, 0.15) is 50.7 Å². The number of carbonyl (C=O) groups excluding carboxylic acids is 1. The third-order valence-electron chi connectivity index (χ3n) is 4.46. The van der Waals surface area contributed by atoms with Crippen LogP contribution in [0.3, 0.4) is 0 Å². The molecule has 7 heteroatoms. The lowest BCUT2D eigenvalue weighted by molar-refractivity contribution is -0.113. The Hall–Kier alpha value is -2.12. The number of thioether (sulfide) groups is 1. The van der Waals surface area contributed by atoms with Crippen LogP contribution in [0.5, 0.6) is 0 Å². The zero-order valence-electron chi connectivity index (χ0n) is 16.9. The van der Waals surface area contributed by atoms with E-state index in [0.29, 0.717) is 22.9 Å². The maximum atomic E-state index is 12.6. The molecular formula is C22H24BrN3O2S. The number of para-hydroxylation sites is 1. The van der Waals surface area contributed by atoms with E-state index < -0.39 is 0 Å². The number of rotatable bonds is 7. The van der Waals surface area contributed by atoms with Crippen molar-refractivity contribution in [3.63, 3.8) is 0 Å². The van der Waals surface area contributed by atoms with E-state index in [1.165, 1.54) is 11.8 Å². The number of nitrogens with one attached hydrogen (secondary N) is 1. The Kier molecular flexibility index (Phi) is 7.14. The maximum Gasteiger partial charge on any atom is 0.277 e. The molecule has 0 aliphatic carbocycles. The van der Waals surface area contributed by atoms with Crippen molar-refractivity contribution in [1.82, 2.24) is 10.2 Å². The lowest BCUT2D eigenvalue weighted by Gasteiger charge is -2.20. The summed E-state index contributed by atoms with van der Waals surface area (Å²) in [5, 5.41) is 11.6. The van der Waals surface area contributed by atoms with E-state index in [2.05, 4.69) is 77.3 Å². The normalized spacial score (nSPS) is 11.3. The Morgan fingerprint density at radius 1 is 1.03 bits per heavy atom. The van der Waals surface area contributed by atoms with E-state index in [1.807, 2.05) is 24.3 Å². The molecule has 0 aliphatic rings. The fourth-order valence-corrected chi connectivity index (χ4v) is 3.80. The second-order valence-corrected chi connectivity index (χ2v) is 9.18. The zero-order chi connectivity index (χ0) is 21.0. The summed E-state index contributed by atoms with van der Waals surface area (Å²) in [7, 11) is 0. The topological polar surface area (TPSA) is 68.0 Å². The second kappa shape index (κ2) is 9.59. The molecule has 0 fully saturated rings. The first-order chi connectivity index (χ1) is 13.8. The number of benzene rings is 2. The lowest BCUT2D eigenvalue weighted by atomic mass is 9.92. The molecule has 1 heterocycles. The minimum absolute atomic E-state index is 0.0895. The summed E-state index contributed by atoms with van der Waals surface area (Å²) < 4.78 is 6.66. The van der Waals surface area contributed by atoms with Crippen LogP contribution in [0.4, 0.5) is 5.69 Å². The summed E-state index contributed by atoms with van der Waals surface area (Å²) in [4.78, 5) is 12.6. The van der Waals surface area contributed by atoms with Gasteiger partial charge in [-0.2, -0.15) is 0 Å². The van der Waals surface area contributed by atoms with Gasteiger partial charge in [-0.15, -0.1) is 10.2 Å². The van der Waals surface area contributed by atoms with Crippen LogP contribution in [-0.2, 0) is 4.79 Å². The van der Waals surface area contributed by atoms with Crippen molar-refractivity contribution >= 4 is 39.3 Å². The van der Waals surface area contributed by atoms with Gasteiger partial charge in [0, 0.05) is 15.7 Å². The zero-order valence-corrected chi connectivity index (χ0v) is 19.3. The molecule has 3 rings (SSSR count). The molecule has 0 saturated carbocycles. The van der Waals surface area contributed by atoms with Crippen LogP contribution < -0.4 is 5.32 Å². The number of halogens is 1. The van der Waals surface area contributed by atoms with Crippen molar-refractivity contribution in [2.75, 3.05) is 11.1 Å². The summed E-state index contributed by atoms with van der Waals surface area (Å²) >= 11 is 4.64. The van der Waals surface area contributed by atoms with Gasteiger partial charge in [0.05, 0.1) is 5.75 Å². The van der Waals surface area contributed by atoms with Crippen LogP contribution in [-0.4, -0.2) is 21.9 Å². The minimum atomic E-state index is -0.0895. The Morgan fingerprint density at radius 2 is 1.66 bits per heavy atom. The molecule has 5 nitrogen and oxygen atoms in total. The van der Waals surface area contributed by atoms with Gasteiger partial charge in [0.2, 0.25) is 11.8 Å². The minimum Gasteiger partial charge on any atom is -0.411 e. The van der Waals surface area contributed by atoms with Crippen molar-refractivity contribution < 1.29 is 9.21 Å². The van der Waals surface area contributed by atoms with Crippen molar-refractivity contribution in [3.8, 4) is 11.5 Å². The number of nitrogens with zero attached hydrogens (tertiary/aromatic N) is 2. The molecule has 0 aliphatic heterocycles. The summed E-state index contributed by atoms with van der Waals surface area (Å²) in [6.45, 7) is 8.52. The van der Waals surface area contributed by atoms with E-state index in [-0.39, 0.29) is 11.7 Å². The molecular weight excluding hydrogens is 450 g/mol. The van der Waals surface area contributed by atoms with Gasteiger partial charge in [-0.3, -0.25) is 4.79 Å². The first-order valence-corrected chi connectivity index (χ1v) is 11.3.